The van der Waals surface area contributed by atoms with E-state index in [1.54, 1.807) is 17.4 Å². The van der Waals surface area contributed by atoms with Gasteiger partial charge in [0.15, 0.2) is 0 Å². The standard InChI is InChI=1S/C16H17N3OS/c1-11-7-13(12(2)19(11)3)8-14(9-17)16(20)18-10-15-5-4-6-21-15/h4-8H,10H2,1-3H3,(H,18,20). The van der Waals surface area contributed by atoms with E-state index < -0.39 is 0 Å². The van der Waals surface area contributed by atoms with Crippen LogP contribution in [0, 0.1) is 25.2 Å². The number of thiophene rings is 1. The largest absolute Gasteiger partial charge is 0.352 e. The highest BCUT2D eigenvalue weighted by atomic mass is 32.1. The molecule has 5 heteroatoms. The summed E-state index contributed by atoms with van der Waals surface area (Å²) in [6, 6.07) is 7.83. The van der Waals surface area contributed by atoms with Crippen molar-refractivity contribution in [2.45, 2.75) is 20.4 Å². The minimum absolute atomic E-state index is 0.125. The molecule has 0 bridgehead atoms. The molecule has 0 atom stereocenters. The molecule has 2 heterocycles. The molecule has 2 rings (SSSR count). The van der Waals surface area contributed by atoms with E-state index >= 15 is 0 Å². The van der Waals surface area contributed by atoms with Crippen molar-refractivity contribution in [3.05, 3.63) is 51.0 Å². The summed E-state index contributed by atoms with van der Waals surface area (Å²) in [4.78, 5) is 13.1. The Morgan fingerprint density at radius 3 is 2.81 bits per heavy atom. The number of hydrogen-bond donors (Lipinski definition) is 1. The van der Waals surface area contributed by atoms with E-state index in [9.17, 15) is 10.1 Å². The first kappa shape index (κ1) is 15.1. The van der Waals surface area contributed by atoms with Crippen LogP contribution in [0.3, 0.4) is 0 Å². The van der Waals surface area contributed by atoms with Crippen LogP contribution in [0.5, 0.6) is 0 Å². The highest BCUT2D eigenvalue weighted by Crippen LogP contribution is 2.17. The fourth-order valence-electron chi connectivity index (χ4n) is 2.01. The number of carbonyl (C=O) groups is 1. The first-order valence-electron chi connectivity index (χ1n) is 6.58. The number of nitriles is 1. The molecule has 0 unspecified atom stereocenters. The van der Waals surface area contributed by atoms with Crippen molar-refractivity contribution in [2.24, 2.45) is 7.05 Å². The Hall–Kier alpha value is -2.32. The number of nitrogens with one attached hydrogen (secondary N) is 1. The maximum absolute atomic E-state index is 12.1. The van der Waals surface area contributed by atoms with Crippen LogP contribution in [0.1, 0.15) is 21.8 Å². The number of hydrogen-bond acceptors (Lipinski definition) is 3. The van der Waals surface area contributed by atoms with Crippen molar-refractivity contribution in [2.75, 3.05) is 0 Å². The number of rotatable bonds is 4. The first-order chi connectivity index (χ1) is 10.0. The fraction of sp³-hybridized carbons (Fsp3) is 0.250. The van der Waals surface area contributed by atoms with E-state index in [4.69, 9.17) is 0 Å². The van der Waals surface area contributed by atoms with Crippen LogP contribution in [-0.2, 0) is 18.4 Å². The van der Waals surface area contributed by atoms with Gasteiger partial charge in [0.25, 0.3) is 5.91 Å². The van der Waals surface area contributed by atoms with E-state index in [-0.39, 0.29) is 11.5 Å². The average molecular weight is 299 g/mol. The number of aryl methyl sites for hydroxylation is 1. The molecule has 1 N–H and O–H groups in total. The van der Waals surface area contributed by atoms with Crippen LogP contribution in [0.4, 0.5) is 0 Å². The number of carbonyl (C=O) groups excluding carboxylic acids is 1. The van der Waals surface area contributed by atoms with Gasteiger partial charge in [-0.15, -0.1) is 11.3 Å². The summed E-state index contributed by atoms with van der Waals surface area (Å²) in [5, 5.41) is 13.9. The predicted molar refractivity (Wildman–Crippen MR) is 84.6 cm³/mol. The Morgan fingerprint density at radius 2 is 2.29 bits per heavy atom. The van der Waals surface area contributed by atoms with Gasteiger partial charge in [0.2, 0.25) is 0 Å². The van der Waals surface area contributed by atoms with Crippen molar-refractivity contribution >= 4 is 23.3 Å². The fourth-order valence-corrected chi connectivity index (χ4v) is 2.66. The van der Waals surface area contributed by atoms with E-state index in [0.717, 1.165) is 21.8 Å². The monoisotopic (exact) mass is 299 g/mol. The Bertz CT molecular complexity index is 718. The summed E-state index contributed by atoms with van der Waals surface area (Å²) in [5.74, 6) is -0.341. The summed E-state index contributed by atoms with van der Waals surface area (Å²) < 4.78 is 2.03. The van der Waals surface area contributed by atoms with Gasteiger partial charge in [-0.25, -0.2) is 0 Å². The molecule has 0 aliphatic carbocycles. The third kappa shape index (κ3) is 3.41. The molecular formula is C16H17N3OS. The molecule has 4 nitrogen and oxygen atoms in total. The molecule has 0 aromatic carbocycles. The smallest absolute Gasteiger partial charge is 0.262 e. The number of amides is 1. The van der Waals surface area contributed by atoms with E-state index in [1.165, 1.54) is 0 Å². The molecule has 0 saturated heterocycles. The van der Waals surface area contributed by atoms with Crippen molar-refractivity contribution in [1.29, 1.82) is 5.26 Å². The summed E-state index contributed by atoms with van der Waals surface area (Å²) in [6.07, 6.45) is 1.64. The van der Waals surface area contributed by atoms with Crippen molar-refractivity contribution in [1.82, 2.24) is 9.88 Å². The molecule has 0 radical (unpaired) electrons. The van der Waals surface area contributed by atoms with E-state index in [1.807, 2.05) is 55.1 Å². The Morgan fingerprint density at radius 1 is 1.52 bits per heavy atom. The van der Waals surface area contributed by atoms with Crippen LogP contribution in [0.15, 0.2) is 29.2 Å². The third-order valence-electron chi connectivity index (χ3n) is 3.48. The van der Waals surface area contributed by atoms with Gasteiger partial charge < -0.3 is 9.88 Å². The Kier molecular flexibility index (Phi) is 4.61. The topological polar surface area (TPSA) is 57.8 Å². The molecule has 0 saturated carbocycles. The molecule has 0 aliphatic heterocycles. The lowest BCUT2D eigenvalue weighted by Crippen LogP contribution is -2.23. The van der Waals surface area contributed by atoms with Gasteiger partial charge in [0.1, 0.15) is 11.6 Å². The lowest BCUT2D eigenvalue weighted by Gasteiger charge is -2.03. The van der Waals surface area contributed by atoms with E-state index in [0.29, 0.717) is 6.54 Å². The number of aromatic nitrogens is 1. The number of nitrogens with zero attached hydrogens (tertiary/aromatic N) is 2. The SMILES string of the molecule is Cc1cc(C=C(C#N)C(=O)NCc2cccs2)c(C)n1C. The molecule has 0 fully saturated rings. The van der Waals surface area contributed by atoms with Gasteiger partial charge in [-0.2, -0.15) is 5.26 Å². The molecule has 21 heavy (non-hydrogen) atoms. The van der Waals surface area contributed by atoms with Gasteiger partial charge in [0, 0.05) is 23.3 Å². The maximum Gasteiger partial charge on any atom is 0.262 e. The molecular weight excluding hydrogens is 282 g/mol. The van der Waals surface area contributed by atoms with Gasteiger partial charge in [0.05, 0.1) is 6.54 Å². The van der Waals surface area contributed by atoms with Crippen LogP contribution in [0.2, 0.25) is 0 Å². The second-order valence-electron chi connectivity index (χ2n) is 4.82. The third-order valence-corrected chi connectivity index (χ3v) is 4.36. The zero-order valence-corrected chi connectivity index (χ0v) is 13.1. The van der Waals surface area contributed by atoms with Gasteiger partial charge in [-0.05, 0) is 43.0 Å². The van der Waals surface area contributed by atoms with Crippen molar-refractivity contribution in [3.63, 3.8) is 0 Å². The van der Waals surface area contributed by atoms with Crippen LogP contribution in [-0.4, -0.2) is 10.5 Å². The van der Waals surface area contributed by atoms with Crippen LogP contribution >= 0.6 is 11.3 Å². The summed E-state index contributed by atoms with van der Waals surface area (Å²) in [7, 11) is 1.96. The van der Waals surface area contributed by atoms with Gasteiger partial charge in [-0.1, -0.05) is 6.07 Å². The zero-order chi connectivity index (χ0) is 15.4. The molecule has 0 spiro atoms. The summed E-state index contributed by atoms with van der Waals surface area (Å²) >= 11 is 1.58. The van der Waals surface area contributed by atoms with Gasteiger partial charge in [-0.3, -0.25) is 4.79 Å². The second-order valence-corrected chi connectivity index (χ2v) is 5.85. The molecule has 0 aliphatic rings. The minimum Gasteiger partial charge on any atom is -0.352 e. The zero-order valence-electron chi connectivity index (χ0n) is 12.3. The predicted octanol–water partition coefficient (Wildman–Crippen LogP) is 2.93. The second kappa shape index (κ2) is 6.42. The van der Waals surface area contributed by atoms with Crippen LogP contribution in [0.25, 0.3) is 6.08 Å². The highest BCUT2D eigenvalue weighted by molar-refractivity contribution is 7.09. The lowest BCUT2D eigenvalue weighted by molar-refractivity contribution is -0.117. The Labute approximate surface area is 128 Å². The lowest BCUT2D eigenvalue weighted by atomic mass is 10.1. The van der Waals surface area contributed by atoms with E-state index in [2.05, 4.69) is 5.32 Å². The minimum atomic E-state index is -0.341. The quantitative estimate of drug-likeness (QED) is 0.697. The maximum atomic E-state index is 12.1. The molecule has 108 valence electrons. The van der Waals surface area contributed by atoms with Crippen LogP contribution < -0.4 is 5.32 Å². The highest BCUT2D eigenvalue weighted by Gasteiger charge is 2.11. The summed E-state index contributed by atoms with van der Waals surface area (Å²) in [5.41, 5.74) is 3.15. The Balaban J connectivity index is 2.15. The average Bonchev–Trinajstić information content (AvgIpc) is 3.07. The first-order valence-corrected chi connectivity index (χ1v) is 7.46. The molecule has 1 amide bonds. The van der Waals surface area contributed by atoms with Gasteiger partial charge >= 0.3 is 0 Å². The normalized spacial score (nSPS) is 11.2. The van der Waals surface area contributed by atoms with Crippen molar-refractivity contribution in [3.8, 4) is 6.07 Å². The molecule has 2 aromatic rings. The molecule has 2 aromatic heterocycles. The summed E-state index contributed by atoms with van der Waals surface area (Å²) in [6.45, 7) is 4.41. The van der Waals surface area contributed by atoms with Crippen molar-refractivity contribution < 1.29 is 4.79 Å².